The Hall–Kier alpha value is -3.02. The van der Waals surface area contributed by atoms with Crippen molar-refractivity contribution in [3.63, 3.8) is 0 Å². The van der Waals surface area contributed by atoms with E-state index in [0.717, 1.165) is 29.8 Å². The summed E-state index contributed by atoms with van der Waals surface area (Å²) in [6.45, 7) is 7.65. The molecule has 1 saturated heterocycles. The zero-order valence-electron chi connectivity index (χ0n) is 17.3. The number of benzene rings is 2. The molecule has 0 unspecified atom stereocenters. The number of nitrogens with zero attached hydrogens (tertiary/aromatic N) is 1. The molecule has 1 aliphatic rings. The van der Waals surface area contributed by atoms with Gasteiger partial charge in [-0.25, -0.2) is 4.79 Å². The van der Waals surface area contributed by atoms with Crippen LogP contribution in [0.4, 0.5) is 16.2 Å². The van der Waals surface area contributed by atoms with Gasteiger partial charge in [0.15, 0.2) is 0 Å². The molecule has 2 aromatic rings. The van der Waals surface area contributed by atoms with Crippen LogP contribution in [0.3, 0.4) is 0 Å². The third-order valence-electron chi connectivity index (χ3n) is 5.30. The highest BCUT2D eigenvalue weighted by Crippen LogP contribution is 2.20. The highest BCUT2D eigenvalue weighted by Gasteiger charge is 2.23. The van der Waals surface area contributed by atoms with E-state index in [4.69, 9.17) is 4.74 Å². The molecule has 6 heteroatoms. The summed E-state index contributed by atoms with van der Waals surface area (Å²) in [5, 5.41) is 6.45. The van der Waals surface area contributed by atoms with E-state index in [-0.39, 0.29) is 12.0 Å². The Bertz CT molecular complexity index is 856. The van der Waals surface area contributed by atoms with Crippen LogP contribution in [0.5, 0.6) is 0 Å². The van der Waals surface area contributed by atoms with E-state index >= 15 is 0 Å². The van der Waals surface area contributed by atoms with Crippen LogP contribution in [0.25, 0.3) is 0 Å². The second-order valence-electron chi connectivity index (χ2n) is 7.44. The molecule has 0 radical (unpaired) electrons. The van der Waals surface area contributed by atoms with Crippen molar-refractivity contribution in [2.45, 2.75) is 39.7 Å². The van der Waals surface area contributed by atoms with Gasteiger partial charge in [0, 0.05) is 36.1 Å². The summed E-state index contributed by atoms with van der Waals surface area (Å²) in [7, 11) is 0. The van der Waals surface area contributed by atoms with E-state index in [1.807, 2.05) is 63.2 Å². The highest BCUT2D eigenvalue weighted by molar-refractivity contribution is 6.04. The number of carbonyl (C=O) groups is 2. The SMILES string of the molecule is CCOC(=O)N1CCC(Nc2ccc(NC(=O)c3ccc(C)c(C)c3)cc2)CC1. The topological polar surface area (TPSA) is 70.7 Å². The molecule has 0 saturated carbocycles. The Balaban J connectivity index is 1.51. The minimum atomic E-state index is -0.227. The smallest absolute Gasteiger partial charge is 0.409 e. The molecule has 0 atom stereocenters. The molecule has 0 aromatic heterocycles. The van der Waals surface area contributed by atoms with Gasteiger partial charge in [0.05, 0.1) is 6.61 Å². The van der Waals surface area contributed by atoms with Gasteiger partial charge >= 0.3 is 6.09 Å². The van der Waals surface area contributed by atoms with Crippen molar-refractivity contribution in [3.8, 4) is 0 Å². The fourth-order valence-electron chi connectivity index (χ4n) is 3.39. The summed E-state index contributed by atoms with van der Waals surface area (Å²) in [6.07, 6.45) is 1.53. The maximum atomic E-state index is 12.4. The monoisotopic (exact) mass is 395 g/mol. The molecule has 1 aliphatic heterocycles. The molecule has 0 aliphatic carbocycles. The van der Waals surface area contributed by atoms with E-state index < -0.39 is 0 Å². The number of likely N-dealkylation sites (tertiary alicyclic amines) is 1. The van der Waals surface area contributed by atoms with Gasteiger partial charge in [-0.3, -0.25) is 4.79 Å². The fourth-order valence-corrected chi connectivity index (χ4v) is 3.39. The van der Waals surface area contributed by atoms with Gasteiger partial charge in [-0.15, -0.1) is 0 Å². The van der Waals surface area contributed by atoms with E-state index in [2.05, 4.69) is 10.6 Å². The van der Waals surface area contributed by atoms with Crippen LogP contribution in [-0.4, -0.2) is 42.6 Å². The normalized spacial score (nSPS) is 14.4. The van der Waals surface area contributed by atoms with Gasteiger partial charge in [-0.1, -0.05) is 6.07 Å². The number of hydrogen-bond donors (Lipinski definition) is 2. The summed E-state index contributed by atoms with van der Waals surface area (Å²) in [4.78, 5) is 26.0. The van der Waals surface area contributed by atoms with E-state index in [0.29, 0.717) is 31.3 Å². The molecule has 0 spiro atoms. The van der Waals surface area contributed by atoms with Crippen LogP contribution >= 0.6 is 0 Å². The molecule has 3 rings (SSSR count). The molecule has 0 bridgehead atoms. The number of aryl methyl sites for hydroxylation is 2. The Kier molecular flexibility index (Phi) is 6.75. The summed E-state index contributed by atoms with van der Waals surface area (Å²) in [5.41, 5.74) is 4.69. The molecular formula is C23H29N3O3. The largest absolute Gasteiger partial charge is 0.450 e. The second kappa shape index (κ2) is 9.45. The zero-order chi connectivity index (χ0) is 20.8. The molecule has 29 heavy (non-hydrogen) atoms. The summed E-state index contributed by atoms with van der Waals surface area (Å²) >= 11 is 0. The van der Waals surface area contributed by atoms with Gasteiger partial charge in [-0.05, 0) is 81.1 Å². The molecule has 2 N–H and O–H groups in total. The Labute approximate surface area is 172 Å². The number of nitrogens with one attached hydrogen (secondary N) is 2. The first-order chi connectivity index (χ1) is 14.0. The van der Waals surface area contributed by atoms with Gasteiger partial charge < -0.3 is 20.3 Å². The number of anilines is 2. The van der Waals surface area contributed by atoms with Crippen LogP contribution in [0.2, 0.25) is 0 Å². The molecule has 1 heterocycles. The lowest BCUT2D eigenvalue weighted by atomic mass is 10.0. The first kappa shape index (κ1) is 20.7. The summed E-state index contributed by atoms with van der Waals surface area (Å²) < 4.78 is 5.06. The molecule has 2 amide bonds. The maximum Gasteiger partial charge on any atom is 0.409 e. The second-order valence-corrected chi connectivity index (χ2v) is 7.44. The number of amides is 2. The zero-order valence-corrected chi connectivity index (χ0v) is 17.3. The van der Waals surface area contributed by atoms with Crippen LogP contribution in [0.1, 0.15) is 41.3 Å². The van der Waals surface area contributed by atoms with E-state index in [1.54, 1.807) is 4.90 Å². The van der Waals surface area contributed by atoms with E-state index in [9.17, 15) is 9.59 Å². The highest BCUT2D eigenvalue weighted by atomic mass is 16.6. The Morgan fingerprint density at radius 3 is 2.28 bits per heavy atom. The maximum absolute atomic E-state index is 12.4. The lowest BCUT2D eigenvalue weighted by Crippen LogP contribution is -2.42. The predicted octanol–water partition coefficient (Wildman–Crippen LogP) is 4.59. The van der Waals surface area contributed by atoms with Crippen molar-refractivity contribution in [2.24, 2.45) is 0 Å². The average molecular weight is 396 g/mol. The van der Waals surface area contributed by atoms with Crippen LogP contribution in [-0.2, 0) is 4.74 Å². The first-order valence-electron chi connectivity index (χ1n) is 10.1. The van der Waals surface area contributed by atoms with Gasteiger partial charge in [0.25, 0.3) is 5.91 Å². The lowest BCUT2D eigenvalue weighted by Gasteiger charge is -2.32. The lowest BCUT2D eigenvalue weighted by molar-refractivity contribution is 0.0981. The predicted molar refractivity (Wildman–Crippen MR) is 116 cm³/mol. The third-order valence-corrected chi connectivity index (χ3v) is 5.30. The summed E-state index contributed by atoms with van der Waals surface area (Å²) in [6, 6.07) is 13.8. The molecule has 1 fully saturated rings. The van der Waals surface area contributed by atoms with Crippen molar-refractivity contribution in [2.75, 3.05) is 30.3 Å². The van der Waals surface area contributed by atoms with Crippen LogP contribution < -0.4 is 10.6 Å². The molecule has 6 nitrogen and oxygen atoms in total. The molecule has 2 aromatic carbocycles. The van der Waals surface area contributed by atoms with Gasteiger partial charge in [0.2, 0.25) is 0 Å². The minimum absolute atomic E-state index is 0.111. The van der Waals surface area contributed by atoms with Crippen LogP contribution in [0.15, 0.2) is 42.5 Å². The Morgan fingerprint density at radius 1 is 1.00 bits per heavy atom. The fraction of sp³-hybridized carbons (Fsp3) is 0.391. The van der Waals surface area contributed by atoms with Crippen molar-refractivity contribution in [1.82, 2.24) is 4.90 Å². The Morgan fingerprint density at radius 2 is 1.66 bits per heavy atom. The van der Waals surface area contributed by atoms with Gasteiger partial charge in [-0.2, -0.15) is 0 Å². The number of hydrogen-bond acceptors (Lipinski definition) is 4. The van der Waals surface area contributed by atoms with Gasteiger partial charge in [0.1, 0.15) is 0 Å². The molecular weight excluding hydrogens is 366 g/mol. The number of ether oxygens (including phenoxy) is 1. The number of piperidine rings is 1. The first-order valence-corrected chi connectivity index (χ1v) is 10.1. The van der Waals surface area contributed by atoms with Crippen molar-refractivity contribution in [1.29, 1.82) is 0 Å². The van der Waals surface area contributed by atoms with Crippen molar-refractivity contribution in [3.05, 3.63) is 59.2 Å². The summed E-state index contributed by atoms with van der Waals surface area (Å²) in [5.74, 6) is -0.111. The molecule has 154 valence electrons. The minimum Gasteiger partial charge on any atom is -0.450 e. The van der Waals surface area contributed by atoms with Crippen LogP contribution in [0, 0.1) is 13.8 Å². The third kappa shape index (κ3) is 5.50. The van der Waals surface area contributed by atoms with E-state index in [1.165, 1.54) is 5.56 Å². The van der Waals surface area contributed by atoms with Crippen molar-refractivity contribution < 1.29 is 14.3 Å². The number of rotatable bonds is 5. The average Bonchev–Trinajstić information content (AvgIpc) is 2.72. The quantitative estimate of drug-likeness (QED) is 0.777. The van der Waals surface area contributed by atoms with Crippen molar-refractivity contribution >= 4 is 23.4 Å². The number of carbonyl (C=O) groups excluding carboxylic acids is 2. The standard InChI is InChI=1S/C23H29N3O3/c1-4-29-23(28)26-13-11-21(12-14-26)24-19-7-9-20(10-8-19)25-22(27)18-6-5-16(2)17(3)15-18/h5-10,15,21,24H,4,11-14H2,1-3H3,(H,25,27).